The van der Waals surface area contributed by atoms with E-state index in [9.17, 15) is 22.8 Å². The molecule has 1 fully saturated rings. The van der Waals surface area contributed by atoms with Gasteiger partial charge in [0.1, 0.15) is 11.5 Å². The second-order valence-corrected chi connectivity index (χ2v) is 7.90. The second-order valence-electron chi connectivity index (χ2n) is 7.90. The molecule has 33 heavy (non-hydrogen) atoms. The number of benzene rings is 1. The van der Waals surface area contributed by atoms with Gasteiger partial charge in [-0.3, -0.25) is 9.78 Å². The van der Waals surface area contributed by atoms with Crippen molar-refractivity contribution in [1.29, 1.82) is 0 Å². The fourth-order valence-electron chi connectivity index (χ4n) is 3.87. The van der Waals surface area contributed by atoms with Gasteiger partial charge in [-0.25, -0.2) is 4.79 Å². The summed E-state index contributed by atoms with van der Waals surface area (Å²) in [6, 6.07) is 8.23. The van der Waals surface area contributed by atoms with E-state index in [1.54, 1.807) is 0 Å². The molecule has 7 nitrogen and oxygen atoms in total. The Morgan fingerprint density at radius 3 is 2.58 bits per heavy atom. The number of hydrogen-bond donors (Lipinski definition) is 3. The van der Waals surface area contributed by atoms with E-state index in [1.165, 1.54) is 13.2 Å². The molecule has 0 spiro atoms. The SMILES string of the molecule is COC1=C(C(NC(=O)Nc2ccnc(C(F)(F)F)c2)c2ccc(C3CN3)cc2)C(=O)CCC1. The van der Waals surface area contributed by atoms with Crippen molar-refractivity contribution in [3.63, 3.8) is 0 Å². The zero-order valence-corrected chi connectivity index (χ0v) is 17.8. The molecule has 2 atom stereocenters. The molecule has 2 amide bonds. The number of ether oxygens (including phenoxy) is 1. The number of ketones is 1. The van der Waals surface area contributed by atoms with Gasteiger partial charge in [0, 0.05) is 37.3 Å². The minimum Gasteiger partial charge on any atom is -0.501 e. The van der Waals surface area contributed by atoms with Crippen LogP contribution < -0.4 is 16.0 Å². The van der Waals surface area contributed by atoms with Crippen molar-refractivity contribution in [3.8, 4) is 0 Å². The normalized spacial score (nSPS) is 19.2. The summed E-state index contributed by atoms with van der Waals surface area (Å²) in [6.07, 6.45) is -2.14. The number of carbonyl (C=O) groups is 2. The maximum Gasteiger partial charge on any atom is 0.433 e. The fraction of sp³-hybridized carbons (Fsp3) is 0.348. The van der Waals surface area contributed by atoms with Gasteiger partial charge in [-0.15, -0.1) is 0 Å². The molecule has 0 saturated carbocycles. The second kappa shape index (κ2) is 9.22. The number of hydrogen-bond acceptors (Lipinski definition) is 5. The summed E-state index contributed by atoms with van der Waals surface area (Å²) in [6.45, 7) is 0.896. The first-order chi connectivity index (χ1) is 15.8. The molecule has 0 bridgehead atoms. The molecule has 1 aromatic heterocycles. The molecule has 2 unspecified atom stereocenters. The molecular weight excluding hydrogens is 437 g/mol. The summed E-state index contributed by atoms with van der Waals surface area (Å²) in [4.78, 5) is 28.9. The van der Waals surface area contributed by atoms with Gasteiger partial charge in [-0.1, -0.05) is 24.3 Å². The number of methoxy groups -OCH3 is 1. The molecule has 174 valence electrons. The van der Waals surface area contributed by atoms with Crippen LogP contribution in [0.5, 0.6) is 0 Å². The van der Waals surface area contributed by atoms with Crippen LogP contribution in [-0.4, -0.2) is 30.5 Å². The Kier molecular flexibility index (Phi) is 6.37. The lowest BCUT2D eigenvalue weighted by Crippen LogP contribution is -2.36. The Hall–Kier alpha value is -3.40. The van der Waals surface area contributed by atoms with Gasteiger partial charge >= 0.3 is 12.2 Å². The van der Waals surface area contributed by atoms with Crippen LogP contribution >= 0.6 is 0 Å². The lowest BCUT2D eigenvalue weighted by Gasteiger charge is -2.27. The maximum absolute atomic E-state index is 12.9. The Bertz CT molecular complexity index is 1080. The number of carbonyl (C=O) groups excluding carboxylic acids is 2. The highest BCUT2D eigenvalue weighted by Gasteiger charge is 2.34. The van der Waals surface area contributed by atoms with Gasteiger partial charge in [0.2, 0.25) is 0 Å². The molecule has 0 radical (unpaired) electrons. The smallest absolute Gasteiger partial charge is 0.433 e. The van der Waals surface area contributed by atoms with E-state index < -0.39 is 23.9 Å². The summed E-state index contributed by atoms with van der Waals surface area (Å²) >= 11 is 0. The van der Waals surface area contributed by atoms with E-state index in [1.807, 2.05) is 24.3 Å². The minimum absolute atomic E-state index is 0.0698. The Balaban J connectivity index is 1.61. The van der Waals surface area contributed by atoms with Crippen LogP contribution in [0.3, 0.4) is 0 Å². The summed E-state index contributed by atoms with van der Waals surface area (Å²) in [5, 5.41) is 8.36. The van der Waals surface area contributed by atoms with Gasteiger partial charge in [-0.05, 0) is 29.7 Å². The first-order valence-corrected chi connectivity index (χ1v) is 10.5. The molecule has 4 rings (SSSR count). The third kappa shape index (κ3) is 5.33. The van der Waals surface area contributed by atoms with E-state index >= 15 is 0 Å². The topological polar surface area (TPSA) is 102 Å². The number of pyridine rings is 1. The maximum atomic E-state index is 12.9. The summed E-state index contributed by atoms with van der Waals surface area (Å²) in [5.74, 6) is 0.354. The van der Waals surface area contributed by atoms with Crippen molar-refractivity contribution in [2.24, 2.45) is 0 Å². The molecule has 3 N–H and O–H groups in total. The van der Waals surface area contributed by atoms with E-state index in [0.29, 0.717) is 42.2 Å². The average Bonchev–Trinajstić information content (AvgIpc) is 3.63. The van der Waals surface area contributed by atoms with Crippen molar-refractivity contribution < 1.29 is 27.5 Å². The average molecular weight is 460 g/mol. The number of urea groups is 1. The first-order valence-electron chi connectivity index (χ1n) is 10.5. The van der Waals surface area contributed by atoms with Crippen LogP contribution in [0.25, 0.3) is 0 Å². The highest BCUT2D eigenvalue weighted by molar-refractivity contribution is 5.99. The molecule has 2 heterocycles. The first kappa shape index (κ1) is 22.8. The molecule has 1 saturated heterocycles. The third-order valence-electron chi connectivity index (χ3n) is 5.61. The third-order valence-corrected chi connectivity index (χ3v) is 5.61. The Labute approximate surface area is 188 Å². The predicted molar refractivity (Wildman–Crippen MR) is 114 cm³/mol. The van der Waals surface area contributed by atoms with Crippen LogP contribution in [0.2, 0.25) is 0 Å². The van der Waals surface area contributed by atoms with Gasteiger partial charge < -0.3 is 20.7 Å². The monoisotopic (exact) mass is 460 g/mol. The number of alkyl halides is 3. The van der Waals surface area contributed by atoms with Gasteiger partial charge in [0.05, 0.1) is 18.7 Å². The number of Topliss-reactive ketones (excluding diaryl/α,β-unsaturated/α-hetero) is 1. The number of nitrogens with zero attached hydrogens (tertiary/aromatic N) is 1. The van der Waals surface area contributed by atoms with Crippen molar-refractivity contribution >= 4 is 17.5 Å². The fourth-order valence-corrected chi connectivity index (χ4v) is 3.87. The molecule has 1 aromatic carbocycles. The number of anilines is 1. The lowest BCUT2D eigenvalue weighted by molar-refractivity contribution is -0.141. The number of rotatable bonds is 6. The zero-order chi connectivity index (χ0) is 23.6. The van der Waals surface area contributed by atoms with Gasteiger partial charge in [0.25, 0.3) is 0 Å². The number of halogens is 3. The van der Waals surface area contributed by atoms with Gasteiger partial charge in [0.15, 0.2) is 5.78 Å². The Morgan fingerprint density at radius 1 is 1.21 bits per heavy atom. The van der Waals surface area contributed by atoms with Crippen molar-refractivity contribution in [1.82, 2.24) is 15.6 Å². The van der Waals surface area contributed by atoms with Crippen LogP contribution in [0, 0.1) is 0 Å². The van der Waals surface area contributed by atoms with E-state index in [2.05, 4.69) is 20.9 Å². The molecular formula is C23H23F3N4O3. The number of amides is 2. The molecule has 1 aliphatic carbocycles. The highest BCUT2D eigenvalue weighted by Crippen LogP contribution is 2.34. The van der Waals surface area contributed by atoms with Crippen LogP contribution in [0.15, 0.2) is 53.9 Å². The largest absolute Gasteiger partial charge is 0.501 e. The predicted octanol–water partition coefficient (Wildman–Crippen LogP) is 4.26. The van der Waals surface area contributed by atoms with Crippen molar-refractivity contribution in [2.45, 2.75) is 37.5 Å². The quantitative estimate of drug-likeness (QED) is 0.559. The van der Waals surface area contributed by atoms with Crippen LogP contribution in [-0.2, 0) is 15.7 Å². The number of nitrogens with one attached hydrogen (secondary N) is 3. The summed E-state index contributed by atoms with van der Waals surface area (Å²) in [7, 11) is 1.47. The molecule has 2 aromatic rings. The van der Waals surface area contributed by atoms with Gasteiger partial charge in [-0.2, -0.15) is 13.2 Å². The highest BCUT2D eigenvalue weighted by atomic mass is 19.4. The molecule has 1 aliphatic heterocycles. The summed E-state index contributed by atoms with van der Waals surface area (Å²) < 4.78 is 44.3. The van der Waals surface area contributed by atoms with E-state index in [-0.39, 0.29) is 11.5 Å². The van der Waals surface area contributed by atoms with Crippen LogP contribution in [0.4, 0.5) is 23.7 Å². The molecule has 10 heteroatoms. The Morgan fingerprint density at radius 2 is 1.94 bits per heavy atom. The molecule has 2 aliphatic rings. The summed E-state index contributed by atoms with van der Waals surface area (Å²) in [5.41, 5.74) is 0.920. The van der Waals surface area contributed by atoms with Crippen molar-refractivity contribution in [2.75, 3.05) is 19.0 Å². The number of aromatic nitrogens is 1. The number of allylic oxidation sites excluding steroid dienone is 1. The van der Waals surface area contributed by atoms with E-state index in [0.717, 1.165) is 24.4 Å². The minimum atomic E-state index is -4.64. The standard InChI is InChI=1S/C23H23F3N4O3/c1-33-18-4-2-3-17(31)20(18)21(14-7-5-13(6-8-14)16-12-28-16)30-22(32)29-15-9-10-27-19(11-15)23(24,25)26/h5-11,16,21,28H,2-4,12H2,1H3,(H2,27,29,30,32). The zero-order valence-electron chi connectivity index (χ0n) is 17.8. The van der Waals surface area contributed by atoms with Crippen molar-refractivity contribution in [3.05, 3.63) is 70.7 Å². The van der Waals surface area contributed by atoms with Crippen LogP contribution in [0.1, 0.15) is 48.2 Å². The van der Waals surface area contributed by atoms with E-state index in [4.69, 9.17) is 4.74 Å². The lowest BCUT2D eigenvalue weighted by atomic mass is 9.87.